The fraction of sp³-hybridized carbons (Fsp3) is 0.615. The van der Waals surface area contributed by atoms with Crippen LogP contribution < -0.4 is 4.90 Å². The summed E-state index contributed by atoms with van der Waals surface area (Å²) in [6.07, 6.45) is 3.52. The number of piperidine rings is 1. The Morgan fingerprint density at radius 1 is 1.53 bits per heavy atom. The first-order valence-electron chi connectivity index (χ1n) is 6.05. The van der Waals surface area contributed by atoms with Gasteiger partial charge in [-0.1, -0.05) is 0 Å². The number of β-amino-alcohol motifs (C(OH)–C–C–N with tert-alkyl or cyclic N) is 1. The minimum Gasteiger partial charge on any atom is -0.392 e. The van der Waals surface area contributed by atoms with Crippen molar-refractivity contribution < 1.29 is 10.2 Å². The van der Waals surface area contributed by atoms with Gasteiger partial charge < -0.3 is 15.1 Å². The molecule has 2 N–H and O–H groups in total. The molecular formula is C13H20N2O2. The maximum absolute atomic E-state index is 10.1. The van der Waals surface area contributed by atoms with Crippen LogP contribution in [0.2, 0.25) is 0 Å². The van der Waals surface area contributed by atoms with Crippen molar-refractivity contribution in [3.05, 3.63) is 23.5 Å². The van der Waals surface area contributed by atoms with Crippen LogP contribution in [0.3, 0.4) is 0 Å². The topological polar surface area (TPSA) is 56.6 Å². The second-order valence-electron chi connectivity index (χ2n) is 5.13. The van der Waals surface area contributed by atoms with Gasteiger partial charge in [0.2, 0.25) is 0 Å². The second kappa shape index (κ2) is 4.63. The molecule has 1 atom stereocenters. The lowest BCUT2D eigenvalue weighted by atomic mass is 9.94. The van der Waals surface area contributed by atoms with Crippen LogP contribution in [-0.2, 0) is 6.61 Å². The van der Waals surface area contributed by atoms with Gasteiger partial charge in [-0.25, -0.2) is 0 Å². The predicted octanol–water partition coefficient (Wildman–Crippen LogP) is 1.23. The molecule has 17 heavy (non-hydrogen) atoms. The van der Waals surface area contributed by atoms with Crippen molar-refractivity contribution in [1.29, 1.82) is 0 Å². The maximum atomic E-state index is 10.1. The van der Waals surface area contributed by atoms with E-state index in [0.29, 0.717) is 6.54 Å². The number of aliphatic hydroxyl groups is 2. The highest BCUT2D eigenvalue weighted by atomic mass is 16.3. The smallest absolute Gasteiger partial charge is 0.0794 e. The summed E-state index contributed by atoms with van der Waals surface area (Å²) >= 11 is 0. The van der Waals surface area contributed by atoms with Crippen molar-refractivity contribution in [3.8, 4) is 0 Å². The van der Waals surface area contributed by atoms with Gasteiger partial charge in [0.15, 0.2) is 0 Å². The Bertz CT molecular complexity index is 404. The molecule has 1 aliphatic rings. The number of anilines is 1. The molecule has 1 aromatic rings. The maximum Gasteiger partial charge on any atom is 0.0794 e. The molecule has 0 radical (unpaired) electrons. The fourth-order valence-corrected chi connectivity index (χ4v) is 2.42. The Hall–Kier alpha value is -1.13. The lowest BCUT2D eigenvalue weighted by Crippen LogP contribution is -2.46. The molecule has 4 heteroatoms. The average molecular weight is 236 g/mol. The zero-order valence-electron chi connectivity index (χ0n) is 10.5. The zero-order chi connectivity index (χ0) is 12.5. The van der Waals surface area contributed by atoms with Crippen molar-refractivity contribution in [2.24, 2.45) is 0 Å². The summed E-state index contributed by atoms with van der Waals surface area (Å²) in [6.45, 7) is 5.33. The number of aromatic nitrogens is 1. The minimum atomic E-state index is -0.637. The number of hydrogen-bond acceptors (Lipinski definition) is 4. The normalized spacial score (nSPS) is 25.1. The number of hydrogen-bond donors (Lipinski definition) is 2. The molecule has 94 valence electrons. The summed E-state index contributed by atoms with van der Waals surface area (Å²) in [7, 11) is 0. The number of pyridine rings is 1. The van der Waals surface area contributed by atoms with Crippen LogP contribution in [-0.4, -0.2) is 33.9 Å². The van der Waals surface area contributed by atoms with Gasteiger partial charge in [0.1, 0.15) is 0 Å². The van der Waals surface area contributed by atoms with Crippen LogP contribution in [0.25, 0.3) is 0 Å². The number of rotatable bonds is 2. The van der Waals surface area contributed by atoms with E-state index in [0.717, 1.165) is 36.3 Å². The Balaban J connectivity index is 2.29. The first-order valence-corrected chi connectivity index (χ1v) is 6.05. The van der Waals surface area contributed by atoms with E-state index >= 15 is 0 Å². The molecule has 1 unspecified atom stereocenters. The molecule has 2 rings (SSSR count). The second-order valence-corrected chi connectivity index (χ2v) is 5.13. The van der Waals surface area contributed by atoms with Crippen molar-refractivity contribution in [3.63, 3.8) is 0 Å². The highest BCUT2D eigenvalue weighted by Crippen LogP contribution is 2.28. The van der Waals surface area contributed by atoms with Crippen LogP contribution >= 0.6 is 0 Å². The average Bonchev–Trinajstić information content (AvgIpc) is 2.27. The number of aryl methyl sites for hydroxylation is 1. The quantitative estimate of drug-likeness (QED) is 0.811. The van der Waals surface area contributed by atoms with Crippen LogP contribution in [0, 0.1) is 6.92 Å². The van der Waals surface area contributed by atoms with Crippen LogP contribution in [0.1, 0.15) is 31.0 Å². The van der Waals surface area contributed by atoms with Gasteiger partial charge in [0, 0.05) is 36.2 Å². The largest absolute Gasteiger partial charge is 0.392 e. The Morgan fingerprint density at radius 3 is 2.94 bits per heavy atom. The van der Waals surface area contributed by atoms with Gasteiger partial charge >= 0.3 is 0 Å². The molecule has 1 saturated heterocycles. The molecular weight excluding hydrogens is 216 g/mol. The predicted molar refractivity (Wildman–Crippen MR) is 67.0 cm³/mol. The fourth-order valence-electron chi connectivity index (χ4n) is 2.42. The summed E-state index contributed by atoms with van der Waals surface area (Å²) in [4.78, 5) is 6.34. The van der Waals surface area contributed by atoms with E-state index in [2.05, 4.69) is 9.88 Å². The van der Waals surface area contributed by atoms with E-state index in [9.17, 15) is 10.2 Å². The van der Waals surface area contributed by atoms with Crippen LogP contribution in [0.5, 0.6) is 0 Å². The summed E-state index contributed by atoms with van der Waals surface area (Å²) in [5.41, 5.74) is 2.12. The molecule has 1 aromatic heterocycles. The van der Waals surface area contributed by atoms with E-state index < -0.39 is 5.60 Å². The van der Waals surface area contributed by atoms with Gasteiger partial charge in [0.05, 0.1) is 12.2 Å². The first kappa shape index (κ1) is 12.3. The molecule has 0 saturated carbocycles. The van der Waals surface area contributed by atoms with Crippen molar-refractivity contribution in [1.82, 2.24) is 4.98 Å². The Morgan fingerprint density at radius 2 is 2.29 bits per heavy atom. The minimum absolute atomic E-state index is 0.0126. The van der Waals surface area contributed by atoms with Gasteiger partial charge in [-0.2, -0.15) is 0 Å². The Kier molecular flexibility index (Phi) is 3.35. The summed E-state index contributed by atoms with van der Waals surface area (Å²) in [5.74, 6) is 0. The summed E-state index contributed by atoms with van der Waals surface area (Å²) < 4.78 is 0. The highest BCUT2D eigenvalue weighted by Gasteiger charge is 2.29. The molecule has 0 aliphatic carbocycles. The molecule has 0 spiro atoms. The monoisotopic (exact) mass is 236 g/mol. The lowest BCUT2D eigenvalue weighted by molar-refractivity contribution is 0.0448. The molecule has 4 nitrogen and oxygen atoms in total. The van der Waals surface area contributed by atoms with Crippen molar-refractivity contribution >= 4 is 5.69 Å². The standard InChI is InChI=1S/C13H20N2O2/c1-10-6-12(11(8-16)7-14-10)15-5-3-4-13(2,17)9-15/h6-7,16-17H,3-5,8-9H2,1-2H3. The van der Waals surface area contributed by atoms with Gasteiger partial charge in [-0.05, 0) is 32.8 Å². The summed E-state index contributed by atoms with van der Waals surface area (Å²) in [6, 6.07) is 1.98. The molecule has 1 fully saturated rings. The summed E-state index contributed by atoms with van der Waals surface area (Å²) in [5, 5.41) is 19.5. The van der Waals surface area contributed by atoms with E-state index in [1.165, 1.54) is 0 Å². The van der Waals surface area contributed by atoms with Crippen LogP contribution in [0.4, 0.5) is 5.69 Å². The lowest BCUT2D eigenvalue weighted by Gasteiger charge is -2.39. The van der Waals surface area contributed by atoms with Crippen molar-refractivity contribution in [2.45, 2.75) is 38.9 Å². The molecule has 0 amide bonds. The first-order chi connectivity index (χ1) is 8.02. The third-order valence-corrected chi connectivity index (χ3v) is 3.28. The third-order valence-electron chi connectivity index (χ3n) is 3.28. The van der Waals surface area contributed by atoms with E-state index in [4.69, 9.17) is 0 Å². The zero-order valence-corrected chi connectivity index (χ0v) is 10.5. The third kappa shape index (κ3) is 2.76. The SMILES string of the molecule is Cc1cc(N2CCCC(C)(O)C2)c(CO)cn1. The molecule has 2 heterocycles. The van der Waals surface area contributed by atoms with Gasteiger partial charge in [0.25, 0.3) is 0 Å². The molecule has 0 bridgehead atoms. The van der Waals surface area contributed by atoms with E-state index in [-0.39, 0.29) is 6.61 Å². The number of aliphatic hydroxyl groups excluding tert-OH is 1. The van der Waals surface area contributed by atoms with E-state index in [1.807, 2.05) is 19.9 Å². The Labute approximate surface area is 102 Å². The van der Waals surface area contributed by atoms with Gasteiger partial charge in [-0.15, -0.1) is 0 Å². The molecule has 1 aliphatic heterocycles. The number of nitrogens with zero attached hydrogens (tertiary/aromatic N) is 2. The molecule has 0 aromatic carbocycles. The van der Waals surface area contributed by atoms with Crippen LogP contribution in [0.15, 0.2) is 12.3 Å². The van der Waals surface area contributed by atoms with E-state index in [1.54, 1.807) is 6.20 Å². The van der Waals surface area contributed by atoms with Crippen molar-refractivity contribution in [2.75, 3.05) is 18.0 Å². The highest BCUT2D eigenvalue weighted by molar-refractivity contribution is 5.54. The van der Waals surface area contributed by atoms with Gasteiger partial charge in [-0.3, -0.25) is 4.98 Å².